The van der Waals surface area contributed by atoms with Crippen molar-refractivity contribution in [2.75, 3.05) is 19.7 Å². The lowest BCUT2D eigenvalue weighted by Gasteiger charge is -2.37. The van der Waals surface area contributed by atoms with Gasteiger partial charge in [-0.2, -0.15) is 0 Å². The number of carbonyl (C=O) groups excluding carboxylic acids is 1. The highest BCUT2D eigenvalue weighted by molar-refractivity contribution is 6.31. The fourth-order valence-electron chi connectivity index (χ4n) is 1.49. The lowest BCUT2D eigenvalue weighted by molar-refractivity contribution is 0.0108. The van der Waals surface area contributed by atoms with E-state index in [-0.39, 0.29) is 12.2 Å². The summed E-state index contributed by atoms with van der Waals surface area (Å²) in [6, 6.07) is 3.45. The molecule has 92 valence electrons. The van der Waals surface area contributed by atoms with Gasteiger partial charge in [-0.3, -0.25) is 0 Å². The van der Waals surface area contributed by atoms with Crippen LogP contribution in [0.5, 0.6) is 5.88 Å². The van der Waals surface area contributed by atoms with Gasteiger partial charge in [0.1, 0.15) is 11.1 Å². The fourth-order valence-corrected chi connectivity index (χ4v) is 1.66. The molecule has 2 rings (SSSR count). The normalized spacial score (nSPS) is 15.3. The first-order valence-corrected chi connectivity index (χ1v) is 5.77. The summed E-state index contributed by atoms with van der Waals surface area (Å²) in [5.74, 6) is 0.405. The molecule has 1 aliphatic rings. The molecule has 1 aliphatic heterocycles. The molecule has 0 aromatic carbocycles. The van der Waals surface area contributed by atoms with Crippen LogP contribution in [-0.4, -0.2) is 41.8 Å². The van der Waals surface area contributed by atoms with E-state index in [9.17, 15) is 4.79 Å². The van der Waals surface area contributed by atoms with Crippen molar-refractivity contribution in [2.24, 2.45) is 0 Å². The maximum absolute atomic E-state index is 11.3. The van der Waals surface area contributed by atoms with Gasteiger partial charge in [0.15, 0.2) is 0 Å². The number of aromatic nitrogens is 1. The second-order valence-electron chi connectivity index (χ2n) is 3.63. The first-order chi connectivity index (χ1) is 8.20. The molecule has 1 fully saturated rings. The van der Waals surface area contributed by atoms with Crippen molar-refractivity contribution in [3.8, 4) is 5.88 Å². The van der Waals surface area contributed by atoms with Crippen LogP contribution in [0.15, 0.2) is 18.3 Å². The number of halogens is 1. The molecule has 0 unspecified atom stereocenters. The summed E-state index contributed by atoms with van der Waals surface area (Å²) in [6.45, 7) is 3.17. The van der Waals surface area contributed by atoms with Crippen LogP contribution in [0.4, 0.5) is 4.79 Å². The number of hydrogen-bond acceptors (Lipinski definition) is 4. The Morgan fingerprint density at radius 1 is 1.65 bits per heavy atom. The molecule has 0 atom stereocenters. The van der Waals surface area contributed by atoms with Crippen LogP contribution >= 0.6 is 11.6 Å². The predicted octanol–water partition coefficient (Wildman–Crippen LogP) is 1.95. The topological polar surface area (TPSA) is 51.7 Å². The van der Waals surface area contributed by atoms with Crippen LogP contribution in [-0.2, 0) is 4.74 Å². The molecule has 0 bridgehead atoms. The van der Waals surface area contributed by atoms with E-state index in [2.05, 4.69) is 4.98 Å². The summed E-state index contributed by atoms with van der Waals surface area (Å²) in [5, 5.41) is 0.474. The van der Waals surface area contributed by atoms with E-state index in [1.807, 2.05) is 0 Å². The second-order valence-corrected chi connectivity index (χ2v) is 4.04. The molecule has 1 aromatic heterocycles. The SMILES string of the molecule is CCOC(=O)N1CC(Oc2ncccc2Cl)C1. The fraction of sp³-hybridized carbons (Fsp3) is 0.455. The van der Waals surface area contributed by atoms with Gasteiger partial charge in [0.25, 0.3) is 0 Å². The minimum Gasteiger partial charge on any atom is -0.470 e. The molecule has 0 radical (unpaired) electrons. The quantitative estimate of drug-likeness (QED) is 0.830. The number of amides is 1. The zero-order valence-corrected chi connectivity index (χ0v) is 10.2. The van der Waals surface area contributed by atoms with Crippen LogP contribution in [0.2, 0.25) is 5.02 Å². The van der Waals surface area contributed by atoms with Crippen LogP contribution in [0.25, 0.3) is 0 Å². The molecule has 0 spiro atoms. The highest BCUT2D eigenvalue weighted by atomic mass is 35.5. The van der Waals surface area contributed by atoms with E-state index in [1.54, 1.807) is 30.2 Å². The number of likely N-dealkylation sites (tertiary alicyclic amines) is 1. The predicted molar refractivity (Wildman–Crippen MR) is 62.3 cm³/mol. The Hall–Kier alpha value is -1.49. The first-order valence-electron chi connectivity index (χ1n) is 5.39. The number of nitrogens with zero attached hydrogens (tertiary/aromatic N) is 2. The third-order valence-electron chi connectivity index (χ3n) is 2.38. The third-order valence-corrected chi connectivity index (χ3v) is 2.66. The van der Waals surface area contributed by atoms with Gasteiger partial charge in [0.05, 0.1) is 19.7 Å². The summed E-state index contributed by atoms with van der Waals surface area (Å²) in [5.41, 5.74) is 0. The standard InChI is InChI=1S/C11H13ClN2O3/c1-2-16-11(15)14-6-8(7-14)17-10-9(12)4-3-5-13-10/h3-5,8H,2,6-7H2,1H3. The smallest absolute Gasteiger partial charge is 0.410 e. The number of carbonyl (C=O) groups is 1. The minimum absolute atomic E-state index is 0.0631. The third kappa shape index (κ3) is 2.79. The van der Waals surface area contributed by atoms with E-state index in [0.717, 1.165) is 0 Å². The number of rotatable bonds is 3. The maximum Gasteiger partial charge on any atom is 0.410 e. The Balaban J connectivity index is 1.81. The molecule has 0 saturated carbocycles. The van der Waals surface area contributed by atoms with Gasteiger partial charge in [-0.25, -0.2) is 9.78 Å². The zero-order chi connectivity index (χ0) is 12.3. The van der Waals surface area contributed by atoms with E-state index in [1.165, 1.54) is 0 Å². The molecule has 5 nitrogen and oxygen atoms in total. The highest BCUT2D eigenvalue weighted by Gasteiger charge is 2.33. The first kappa shape index (κ1) is 12.0. The van der Waals surface area contributed by atoms with Crippen molar-refractivity contribution in [1.82, 2.24) is 9.88 Å². The molecule has 17 heavy (non-hydrogen) atoms. The Kier molecular flexibility index (Phi) is 3.68. The largest absolute Gasteiger partial charge is 0.470 e. The average molecular weight is 257 g/mol. The van der Waals surface area contributed by atoms with Gasteiger partial charge in [-0.15, -0.1) is 0 Å². The van der Waals surface area contributed by atoms with Gasteiger partial charge < -0.3 is 14.4 Å². The molecule has 1 amide bonds. The zero-order valence-electron chi connectivity index (χ0n) is 9.43. The number of ether oxygens (including phenoxy) is 2. The van der Waals surface area contributed by atoms with Gasteiger partial charge in [-0.1, -0.05) is 11.6 Å². The van der Waals surface area contributed by atoms with Crippen LogP contribution < -0.4 is 4.74 Å². The Morgan fingerprint density at radius 3 is 3.06 bits per heavy atom. The minimum atomic E-state index is -0.306. The Morgan fingerprint density at radius 2 is 2.41 bits per heavy atom. The van der Waals surface area contributed by atoms with Crippen molar-refractivity contribution in [1.29, 1.82) is 0 Å². The Bertz CT molecular complexity index is 407. The highest BCUT2D eigenvalue weighted by Crippen LogP contribution is 2.23. The van der Waals surface area contributed by atoms with Gasteiger partial charge in [0.2, 0.25) is 5.88 Å². The van der Waals surface area contributed by atoms with Crippen molar-refractivity contribution in [2.45, 2.75) is 13.0 Å². The molecule has 0 aliphatic carbocycles. The van der Waals surface area contributed by atoms with Crippen LogP contribution in [0, 0.1) is 0 Å². The maximum atomic E-state index is 11.3. The van der Waals surface area contributed by atoms with E-state index in [0.29, 0.717) is 30.6 Å². The lowest BCUT2D eigenvalue weighted by Crippen LogP contribution is -2.56. The van der Waals surface area contributed by atoms with Gasteiger partial charge >= 0.3 is 6.09 Å². The monoisotopic (exact) mass is 256 g/mol. The molecule has 6 heteroatoms. The molecule has 0 N–H and O–H groups in total. The van der Waals surface area contributed by atoms with E-state index in [4.69, 9.17) is 21.1 Å². The summed E-state index contributed by atoms with van der Waals surface area (Å²) in [7, 11) is 0. The van der Waals surface area contributed by atoms with Gasteiger partial charge in [-0.05, 0) is 19.1 Å². The number of hydrogen-bond donors (Lipinski definition) is 0. The molecular weight excluding hydrogens is 244 g/mol. The molecule has 2 heterocycles. The summed E-state index contributed by atoms with van der Waals surface area (Å²) in [4.78, 5) is 16.9. The van der Waals surface area contributed by atoms with E-state index < -0.39 is 0 Å². The average Bonchev–Trinajstić information content (AvgIpc) is 2.25. The Labute approximate surface area is 104 Å². The van der Waals surface area contributed by atoms with Crippen LogP contribution in [0.1, 0.15) is 6.92 Å². The van der Waals surface area contributed by atoms with E-state index >= 15 is 0 Å². The summed E-state index contributed by atoms with van der Waals surface area (Å²) in [6.07, 6.45) is 1.24. The van der Waals surface area contributed by atoms with Crippen molar-refractivity contribution in [3.63, 3.8) is 0 Å². The molecule has 1 saturated heterocycles. The number of pyridine rings is 1. The molecule has 1 aromatic rings. The van der Waals surface area contributed by atoms with Gasteiger partial charge in [0, 0.05) is 6.20 Å². The van der Waals surface area contributed by atoms with Crippen molar-refractivity contribution >= 4 is 17.7 Å². The second kappa shape index (κ2) is 5.23. The van der Waals surface area contributed by atoms with Crippen LogP contribution in [0.3, 0.4) is 0 Å². The van der Waals surface area contributed by atoms with Crippen molar-refractivity contribution in [3.05, 3.63) is 23.4 Å². The molecular formula is C11H13ClN2O3. The summed E-state index contributed by atoms with van der Waals surface area (Å²) >= 11 is 5.91. The lowest BCUT2D eigenvalue weighted by atomic mass is 10.2. The van der Waals surface area contributed by atoms with Crippen molar-refractivity contribution < 1.29 is 14.3 Å². The summed E-state index contributed by atoms with van der Waals surface area (Å²) < 4.78 is 10.4.